The first kappa shape index (κ1) is 93.0. The van der Waals surface area contributed by atoms with Gasteiger partial charge < -0.3 is 29.0 Å². The van der Waals surface area contributed by atoms with E-state index in [1.807, 2.05) is 166 Å². The van der Waals surface area contributed by atoms with Crippen molar-refractivity contribution in [1.29, 1.82) is 5.26 Å². The van der Waals surface area contributed by atoms with Gasteiger partial charge >= 0.3 is 48.2 Å². The average Bonchev–Trinajstić information content (AvgIpc) is 1.61. The molecule has 2 aliphatic carbocycles. The number of hydrogen-bond donors (Lipinski definition) is 0. The number of carbonyl (C=O) groups excluding carboxylic acids is 7. The second kappa shape index (κ2) is 45.7. The van der Waals surface area contributed by atoms with Gasteiger partial charge in [0.15, 0.2) is 11.5 Å². The maximum Gasteiger partial charge on any atom is 0.416 e. The van der Waals surface area contributed by atoms with Gasteiger partial charge in [-0.1, -0.05) is 347 Å². The first-order valence-corrected chi connectivity index (χ1v) is 41.9. The van der Waals surface area contributed by atoms with E-state index in [0.29, 0.717) is 71.1 Å². The molecular formula is C102H75F6N7O13S2. The summed E-state index contributed by atoms with van der Waals surface area (Å²) >= 11 is 2.51. The van der Waals surface area contributed by atoms with Crippen LogP contribution in [0.4, 0.5) is 26.3 Å². The minimum absolute atomic E-state index is 0.00648. The number of halogens is 6. The molecule has 650 valence electrons. The Hall–Kier alpha value is -16.1. The highest BCUT2D eigenvalue weighted by Gasteiger charge is 2.38. The van der Waals surface area contributed by atoms with Crippen LogP contribution in [-0.4, -0.2) is 75.9 Å². The minimum Gasteiger partial charge on any atom is -0.318 e. The lowest BCUT2D eigenvalue weighted by molar-refractivity contribution is -0.149. The number of ketones is 1. The summed E-state index contributed by atoms with van der Waals surface area (Å²) in [5.41, 5.74) is 5.69. The minimum atomic E-state index is -5.08. The van der Waals surface area contributed by atoms with Crippen LogP contribution in [0.5, 0.6) is 0 Å². The van der Waals surface area contributed by atoms with Crippen molar-refractivity contribution in [1.82, 2.24) is 0 Å². The van der Waals surface area contributed by atoms with E-state index in [9.17, 15) is 65.2 Å². The zero-order valence-electron chi connectivity index (χ0n) is 69.1. The summed E-state index contributed by atoms with van der Waals surface area (Å²) in [6.45, 7) is 3.66. The van der Waals surface area contributed by atoms with Crippen LogP contribution < -0.4 is 0 Å². The van der Waals surface area contributed by atoms with E-state index >= 15 is 0 Å². The fourth-order valence-corrected chi connectivity index (χ4v) is 14.2. The number of rotatable bonds is 20. The van der Waals surface area contributed by atoms with Gasteiger partial charge in [-0.3, -0.25) is 4.79 Å². The van der Waals surface area contributed by atoms with E-state index < -0.39 is 58.9 Å². The van der Waals surface area contributed by atoms with Gasteiger partial charge in [0.2, 0.25) is 0 Å². The maximum absolute atomic E-state index is 13.0. The van der Waals surface area contributed by atoms with Gasteiger partial charge in [0.25, 0.3) is 0 Å². The maximum atomic E-state index is 13.0. The molecule has 1 fully saturated rings. The topological polar surface area (TPSA) is 273 Å². The highest BCUT2D eigenvalue weighted by molar-refractivity contribution is 7.12. The Morgan fingerprint density at radius 2 is 0.738 bits per heavy atom. The number of thiophene rings is 2. The molecule has 12 aromatic carbocycles. The van der Waals surface area contributed by atoms with Gasteiger partial charge in [-0.15, -0.1) is 22.7 Å². The van der Waals surface area contributed by atoms with Crippen LogP contribution in [-0.2, 0) is 46.2 Å². The van der Waals surface area contributed by atoms with Gasteiger partial charge in [0, 0.05) is 44.5 Å². The Balaban J connectivity index is 0.000000149. The molecule has 2 heterocycles. The van der Waals surface area contributed by atoms with Crippen molar-refractivity contribution < 1.29 is 88.9 Å². The van der Waals surface area contributed by atoms with Crippen LogP contribution in [0.15, 0.2) is 381 Å². The molecule has 0 saturated heterocycles. The Morgan fingerprint density at radius 1 is 0.354 bits per heavy atom. The molecule has 0 bridgehead atoms. The quantitative estimate of drug-likeness (QED) is 0.0297. The molecule has 0 radical (unpaired) electrons. The third kappa shape index (κ3) is 25.6. The Morgan fingerprint density at radius 3 is 1.22 bits per heavy atom. The van der Waals surface area contributed by atoms with Crippen molar-refractivity contribution in [2.75, 3.05) is 0 Å². The van der Waals surface area contributed by atoms with E-state index in [4.69, 9.17) is 29.0 Å². The molecule has 14 aromatic rings. The van der Waals surface area contributed by atoms with Crippen molar-refractivity contribution >= 4 is 109 Å². The second-order valence-electron chi connectivity index (χ2n) is 28.3. The van der Waals surface area contributed by atoms with Crippen LogP contribution >= 0.6 is 22.7 Å². The van der Waals surface area contributed by atoms with Crippen LogP contribution in [0, 0.1) is 17.2 Å². The summed E-state index contributed by atoms with van der Waals surface area (Å²) in [5, 5.41) is 38.2. The van der Waals surface area contributed by atoms with Crippen molar-refractivity contribution in [2.45, 2.75) is 58.3 Å². The smallest absolute Gasteiger partial charge is 0.318 e. The normalized spacial score (nSPS) is 12.5. The summed E-state index contributed by atoms with van der Waals surface area (Å²) < 4.78 is 78.1. The van der Waals surface area contributed by atoms with Gasteiger partial charge in [0.05, 0.1) is 45.2 Å². The van der Waals surface area contributed by atoms with E-state index in [2.05, 4.69) is 30.9 Å². The number of oxime groups is 6. The molecule has 1 saturated carbocycles. The largest absolute Gasteiger partial charge is 0.416 e. The Bertz CT molecular complexity index is 6360. The molecule has 0 spiro atoms. The number of carbonyl (C=O) groups is 7. The van der Waals surface area contributed by atoms with Gasteiger partial charge in [-0.05, 0) is 107 Å². The lowest BCUT2D eigenvalue weighted by Crippen LogP contribution is -2.20. The molecule has 28 heteroatoms. The zero-order valence-corrected chi connectivity index (χ0v) is 70.8. The van der Waals surface area contributed by atoms with Crippen LogP contribution in [0.25, 0.3) is 21.9 Å². The van der Waals surface area contributed by atoms with E-state index in [1.165, 1.54) is 29.1 Å². The zero-order chi connectivity index (χ0) is 91.8. The predicted molar refractivity (Wildman–Crippen MR) is 484 cm³/mol. The van der Waals surface area contributed by atoms with Gasteiger partial charge in [-0.2, -0.15) is 31.6 Å². The molecule has 16 rings (SSSR count). The number of benzene rings is 12. The first-order valence-electron chi connectivity index (χ1n) is 40.1. The van der Waals surface area contributed by atoms with E-state index in [1.54, 1.807) is 187 Å². The van der Waals surface area contributed by atoms with Crippen LogP contribution in [0.2, 0.25) is 0 Å². The predicted octanol–water partition coefficient (Wildman–Crippen LogP) is 23.9. The van der Waals surface area contributed by atoms with Crippen molar-refractivity contribution in [2.24, 2.45) is 36.9 Å². The molecule has 2 aliphatic rings. The van der Waals surface area contributed by atoms with Crippen LogP contribution in [0.1, 0.15) is 162 Å². The highest BCUT2D eigenvalue weighted by atomic mass is 32.1. The third-order valence-corrected chi connectivity index (χ3v) is 21.3. The molecule has 20 nitrogen and oxygen atoms in total. The molecule has 0 unspecified atom stereocenters. The summed E-state index contributed by atoms with van der Waals surface area (Å²) in [4.78, 5) is 118. The molecule has 130 heavy (non-hydrogen) atoms. The molecule has 2 aromatic heterocycles. The SMILES string of the molecule is C/C(=N\OC(=O)C1CCCCC1)c1ccccc1.C/C(=N\OC(=O)c1cccc2ccccc12)c1ccccc1.N#C/C(=N\OC(=O)c1cccc2c1-c1ccccc1C2=O)c1ccccc1.O=C(O/N=C(\C(=N/OC(=O)c1cccs1)c1ccccc1)c1ccccc1)c1cccs1.O=C(ON=C(c1ccccc1)c1ccccc1)c1cc(C(F)(F)F)cc(C(F)(F)F)c1. The first-order chi connectivity index (χ1) is 63.0. The fraction of sp³-hybridized carbons (Fsp3) is 0.0980. The Kier molecular flexibility index (Phi) is 32.7. The number of nitriles is 1. The average molecular weight is 1780 g/mol. The number of alkyl halides is 6. The number of fused-ring (bicyclic) bond motifs is 4. The lowest BCUT2D eigenvalue weighted by Gasteiger charge is -2.18. The molecule has 0 amide bonds. The van der Waals surface area contributed by atoms with Crippen molar-refractivity contribution in [3.63, 3.8) is 0 Å². The summed E-state index contributed by atoms with van der Waals surface area (Å²) in [7, 11) is 0. The highest BCUT2D eigenvalue weighted by Crippen LogP contribution is 2.40. The molecular weight excluding hydrogens is 1710 g/mol. The second-order valence-corrected chi connectivity index (χ2v) is 30.2. The fourth-order valence-electron chi connectivity index (χ4n) is 13.1. The third-order valence-electron chi connectivity index (χ3n) is 19.6. The Labute approximate surface area is 749 Å². The number of nitrogens with zero attached hydrogens (tertiary/aromatic N) is 7. The van der Waals surface area contributed by atoms with Gasteiger partial charge in [-0.25, -0.2) is 28.8 Å². The summed E-state index contributed by atoms with van der Waals surface area (Å²) in [5.74, 6) is -4.06. The standard InChI is InChI=1S/C24H16N2O4S2.C22H13F6NO2.C22H12N2O3.C19H15NO2.C15H19NO2/c27-23(19-13-7-15-31-19)29-25-21(17-9-3-1-4-10-17)22(18-11-5-2-6-12-18)26-30-24(28)20-14-8-16-32-20;23-21(24,25)17-11-16(12-18(13-17)22(26,27)28)20(30)31-29-19(14-7-3-1-4-8-14)15-9-5-2-6-10-15;23-13-19(14-7-2-1-3-8-14)24-27-22(26)18-12-6-11-17-20(18)15-9-4-5-10-16(15)21(17)25;1-14(15-8-3-2-4-9-15)20-22-19(21)18-13-7-11-16-10-5-6-12-17(16)18;1-12(13-8-4-2-5-9-13)16-18-15(17)14-10-6-3-7-11-14/h1-16H;1-13H;1-12H;2-13H,1H3;2,4-5,8-9,14H,3,6-7,10-11H2,1H3/b25-21-,26-22-;;24-19+;20-14+;16-12+. The molecule has 0 atom stereocenters. The van der Waals surface area contributed by atoms with Crippen LogP contribution in [0.3, 0.4) is 0 Å². The monoisotopic (exact) mass is 1780 g/mol. The van der Waals surface area contributed by atoms with E-state index in [-0.39, 0.29) is 64.3 Å². The molecule has 0 aliphatic heterocycles. The summed E-state index contributed by atoms with van der Waals surface area (Å²) in [6, 6.07) is 97.7. The molecule has 0 N–H and O–H groups in total. The van der Waals surface area contributed by atoms with Crippen molar-refractivity contribution in [3.05, 3.63) is 438 Å². The van der Waals surface area contributed by atoms with Crippen molar-refractivity contribution in [3.8, 4) is 17.2 Å². The number of hydrogen-bond acceptors (Lipinski definition) is 22. The summed E-state index contributed by atoms with van der Waals surface area (Å²) in [6.07, 6.45) is -4.80. The van der Waals surface area contributed by atoms with E-state index in [0.717, 1.165) is 53.3 Å². The van der Waals surface area contributed by atoms with Gasteiger partial charge in [0.1, 0.15) is 33.0 Å². The lowest BCUT2D eigenvalue weighted by atomic mass is 9.89.